The van der Waals surface area contributed by atoms with E-state index in [9.17, 15) is 9.59 Å². The number of nitrogens with zero attached hydrogens (tertiary/aromatic N) is 1. The molecule has 0 bridgehead atoms. The zero-order valence-corrected chi connectivity index (χ0v) is 16.4. The molecule has 0 atom stereocenters. The predicted octanol–water partition coefficient (Wildman–Crippen LogP) is 3.14. The number of carbonyl (C=O) groups excluding carboxylic acids is 2. The average molecular weight is 388 g/mol. The summed E-state index contributed by atoms with van der Waals surface area (Å²) in [7, 11) is 1.88. The maximum atomic E-state index is 12.4. The molecule has 6 heteroatoms. The van der Waals surface area contributed by atoms with Gasteiger partial charge in [-0.2, -0.15) is 0 Å². The second-order valence-corrected chi connectivity index (χ2v) is 7.11. The number of aromatic amines is 1. The van der Waals surface area contributed by atoms with Gasteiger partial charge in [-0.05, 0) is 30.2 Å². The van der Waals surface area contributed by atoms with Crippen LogP contribution < -0.4 is 10.6 Å². The van der Waals surface area contributed by atoms with Gasteiger partial charge in [-0.25, -0.2) is 0 Å². The van der Waals surface area contributed by atoms with Crippen molar-refractivity contribution in [3.63, 3.8) is 0 Å². The fourth-order valence-electron chi connectivity index (χ4n) is 3.65. The molecule has 2 aromatic carbocycles. The summed E-state index contributed by atoms with van der Waals surface area (Å²) in [4.78, 5) is 27.8. The highest BCUT2D eigenvalue weighted by Crippen LogP contribution is 2.19. The molecule has 0 radical (unpaired) electrons. The van der Waals surface area contributed by atoms with Gasteiger partial charge < -0.3 is 20.2 Å². The van der Waals surface area contributed by atoms with Gasteiger partial charge in [0.25, 0.3) is 5.91 Å². The summed E-state index contributed by atoms with van der Waals surface area (Å²) in [6.07, 6.45) is 3.05. The lowest BCUT2D eigenvalue weighted by Gasteiger charge is -2.08. The Balaban J connectivity index is 1.23. The summed E-state index contributed by atoms with van der Waals surface area (Å²) in [5, 5.41) is 7.93. The molecule has 2 aromatic heterocycles. The first-order valence-electron chi connectivity index (χ1n) is 9.78. The molecular formula is C23H24N4O2. The molecule has 0 fully saturated rings. The molecule has 0 saturated carbocycles. The number of rotatable bonds is 7. The van der Waals surface area contributed by atoms with E-state index in [1.807, 2.05) is 66.3 Å². The van der Waals surface area contributed by atoms with Crippen LogP contribution in [0.4, 0.5) is 0 Å². The number of nitrogens with one attached hydrogen (secondary N) is 3. The van der Waals surface area contributed by atoms with Crippen LogP contribution in [-0.2, 0) is 18.3 Å². The average Bonchev–Trinajstić information content (AvgIpc) is 3.31. The third kappa shape index (κ3) is 4.01. The lowest BCUT2D eigenvalue weighted by Crippen LogP contribution is -2.35. The van der Waals surface area contributed by atoms with Crippen LogP contribution in [0.3, 0.4) is 0 Å². The summed E-state index contributed by atoms with van der Waals surface area (Å²) in [6.45, 7) is 0.793. The molecule has 4 rings (SSSR count). The molecule has 4 aromatic rings. The number of carbonyl (C=O) groups is 2. The maximum Gasteiger partial charge on any atom is 0.267 e. The van der Waals surface area contributed by atoms with E-state index in [0.29, 0.717) is 31.6 Å². The Kier molecular flexibility index (Phi) is 5.33. The second kappa shape index (κ2) is 8.22. The summed E-state index contributed by atoms with van der Waals surface area (Å²) < 4.78 is 1.88. The minimum atomic E-state index is -0.142. The highest BCUT2D eigenvalue weighted by atomic mass is 16.2. The van der Waals surface area contributed by atoms with Crippen molar-refractivity contribution in [2.75, 3.05) is 13.1 Å². The number of benzene rings is 2. The number of hydrogen-bond acceptors (Lipinski definition) is 2. The first-order valence-corrected chi connectivity index (χ1v) is 9.78. The van der Waals surface area contributed by atoms with Crippen molar-refractivity contribution in [1.82, 2.24) is 20.2 Å². The Hall–Kier alpha value is -3.54. The summed E-state index contributed by atoms with van der Waals surface area (Å²) >= 11 is 0. The number of fused-ring (bicyclic) bond motifs is 2. The molecule has 0 aliphatic carbocycles. The van der Waals surface area contributed by atoms with E-state index in [2.05, 4.69) is 21.7 Å². The first kappa shape index (κ1) is 18.8. The molecule has 6 nitrogen and oxygen atoms in total. The Morgan fingerprint density at radius 2 is 1.76 bits per heavy atom. The van der Waals surface area contributed by atoms with Crippen LogP contribution in [0.15, 0.2) is 60.8 Å². The minimum absolute atomic E-state index is 0.0193. The highest BCUT2D eigenvalue weighted by molar-refractivity contribution is 5.98. The van der Waals surface area contributed by atoms with Crippen molar-refractivity contribution < 1.29 is 9.59 Å². The lowest BCUT2D eigenvalue weighted by atomic mass is 10.1. The van der Waals surface area contributed by atoms with E-state index in [1.54, 1.807) is 0 Å². The fraction of sp³-hybridized carbons (Fsp3) is 0.217. The SMILES string of the molecule is Cn1c(C(=O)NCCNC(=O)CCc2c[nH]c3ccccc23)cc2ccccc21. The van der Waals surface area contributed by atoms with Gasteiger partial charge in [-0.1, -0.05) is 36.4 Å². The van der Waals surface area contributed by atoms with Gasteiger partial charge in [0.05, 0.1) is 0 Å². The zero-order valence-electron chi connectivity index (χ0n) is 16.4. The number of aryl methyl sites for hydroxylation is 2. The van der Waals surface area contributed by atoms with Gasteiger partial charge in [-0.3, -0.25) is 9.59 Å². The van der Waals surface area contributed by atoms with E-state index < -0.39 is 0 Å². The van der Waals surface area contributed by atoms with Crippen molar-refractivity contribution in [3.05, 3.63) is 72.1 Å². The number of amides is 2. The summed E-state index contributed by atoms with van der Waals surface area (Å²) in [6, 6.07) is 17.8. The number of para-hydroxylation sites is 2. The maximum absolute atomic E-state index is 12.4. The van der Waals surface area contributed by atoms with Gasteiger partial charge in [0, 0.05) is 54.6 Å². The van der Waals surface area contributed by atoms with Crippen LogP contribution in [0.5, 0.6) is 0 Å². The van der Waals surface area contributed by atoms with E-state index in [4.69, 9.17) is 0 Å². The van der Waals surface area contributed by atoms with Crippen LogP contribution in [0.1, 0.15) is 22.5 Å². The smallest absolute Gasteiger partial charge is 0.267 e. The van der Waals surface area contributed by atoms with E-state index in [1.165, 1.54) is 0 Å². The first-order chi connectivity index (χ1) is 14.1. The summed E-state index contributed by atoms with van der Waals surface area (Å²) in [5.41, 5.74) is 3.85. The Labute approximate surface area is 168 Å². The quantitative estimate of drug-likeness (QED) is 0.425. The number of aromatic nitrogens is 2. The molecule has 0 spiro atoms. The highest BCUT2D eigenvalue weighted by Gasteiger charge is 2.12. The van der Waals surface area contributed by atoms with Crippen LogP contribution >= 0.6 is 0 Å². The Bertz CT molecular complexity index is 1170. The molecule has 148 valence electrons. The van der Waals surface area contributed by atoms with Crippen LogP contribution in [0.25, 0.3) is 21.8 Å². The van der Waals surface area contributed by atoms with Crippen molar-refractivity contribution >= 4 is 33.6 Å². The third-order valence-electron chi connectivity index (χ3n) is 5.21. The van der Waals surface area contributed by atoms with Crippen molar-refractivity contribution in [3.8, 4) is 0 Å². The van der Waals surface area contributed by atoms with Crippen LogP contribution in [-0.4, -0.2) is 34.5 Å². The minimum Gasteiger partial charge on any atom is -0.361 e. The van der Waals surface area contributed by atoms with Crippen molar-refractivity contribution in [2.45, 2.75) is 12.8 Å². The van der Waals surface area contributed by atoms with Crippen LogP contribution in [0, 0.1) is 0 Å². The lowest BCUT2D eigenvalue weighted by molar-refractivity contribution is -0.121. The Morgan fingerprint density at radius 3 is 2.62 bits per heavy atom. The zero-order chi connectivity index (χ0) is 20.2. The van der Waals surface area contributed by atoms with Crippen LogP contribution in [0.2, 0.25) is 0 Å². The normalized spacial score (nSPS) is 11.1. The predicted molar refractivity (Wildman–Crippen MR) is 115 cm³/mol. The largest absolute Gasteiger partial charge is 0.361 e. The van der Waals surface area contributed by atoms with E-state index >= 15 is 0 Å². The number of hydrogen-bond donors (Lipinski definition) is 3. The molecule has 3 N–H and O–H groups in total. The standard InChI is InChI=1S/C23H24N4O2/c1-27-20-9-5-2-6-16(20)14-21(27)23(29)25-13-12-24-22(28)11-10-17-15-26-19-8-4-3-7-18(17)19/h2-9,14-15,26H,10-13H2,1H3,(H,24,28)(H,25,29). The van der Waals surface area contributed by atoms with Gasteiger partial charge in [0.2, 0.25) is 5.91 Å². The van der Waals surface area contributed by atoms with Gasteiger partial charge >= 0.3 is 0 Å². The molecule has 2 heterocycles. The molecule has 0 aliphatic heterocycles. The molecule has 0 aliphatic rings. The van der Waals surface area contributed by atoms with E-state index in [0.717, 1.165) is 27.4 Å². The molecule has 0 saturated heterocycles. The molecule has 2 amide bonds. The summed E-state index contributed by atoms with van der Waals surface area (Å²) in [5.74, 6) is -0.161. The van der Waals surface area contributed by atoms with Gasteiger partial charge in [-0.15, -0.1) is 0 Å². The van der Waals surface area contributed by atoms with Gasteiger partial charge in [0.15, 0.2) is 0 Å². The van der Waals surface area contributed by atoms with Crippen molar-refractivity contribution in [2.24, 2.45) is 7.05 Å². The topological polar surface area (TPSA) is 78.9 Å². The monoisotopic (exact) mass is 388 g/mol. The van der Waals surface area contributed by atoms with E-state index in [-0.39, 0.29) is 11.8 Å². The fourth-order valence-corrected chi connectivity index (χ4v) is 3.65. The van der Waals surface area contributed by atoms with Gasteiger partial charge in [0.1, 0.15) is 5.69 Å². The van der Waals surface area contributed by atoms with Crippen molar-refractivity contribution in [1.29, 1.82) is 0 Å². The molecular weight excluding hydrogens is 364 g/mol. The third-order valence-corrected chi connectivity index (χ3v) is 5.21. The molecule has 29 heavy (non-hydrogen) atoms. The second-order valence-electron chi connectivity index (χ2n) is 7.11. The number of H-pyrrole nitrogens is 1. The Morgan fingerprint density at radius 1 is 1.00 bits per heavy atom. The molecule has 0 unspecified atom stereocenters.